The fourth-order valence-electron chi connectivity index (χ4n) is 2.27. The summed E-state index contributed by atoms with van der Waals surface area (Å²) in [7, 11) is 0. The van der Waals surface area contributed by atoms with Crippen molar-refractivity contribution in [1.82, 2.24) is 20.8 Å². The van der Waals surface area contributed by atoms with Crippen molar-refractivity contribution in [2.45, 2.75) is 12.6 Å². The summed E-state index contributed by atoms with van der Waals surface area (Å²) in [5, 5.41) is 13.1. The third-order valence-corrected chi connectivity index (χ3v) is 4.53. The third-order valence-electron chi connectivity index (χ3n) is 3.47. The standard InChI is InChI=1S/C15H18N4OS/c20-15(14-10-21-8-7-16-14)17-9-11-1-3-12(4-2-11)13-5-6-18-19-13/h1-6,14,16H,7-10H2,(H,17,20)(H,18,19). The van der Waals surface area contributed by atoms with E-state index in [1.807, 2.05) is 42.1 Å². The largest absolute Gasteiger partial charge is 0.351 e. The van der Waals surface area contributed by atoms with Crippen molar-refractivity contribution < 1.29 is 4.79 Å². The monoisotopic (exact) mass is 302 g/mol. The molecular formula is C15H18N4OS. The predicted octanol–water partition coefficient (Wildman–Crippen LogP) is 1.40. The van der Waals surface area contributed by atoms with Crippen LogP contribution in [0.3, 0.4) is 0 Å². The summed E-state index contributed by atoms with van der Waals surface area (Å²) in [6.45, 7) is 1.46. The third kappa shape index (κ3) is 3.65. The number of carbonyl (C=O) groups is 1. The maximum atomic E-state index is 12.0. The smallest absolute Gasteiger partial charge is 0.238 e. The van der Waals surface area contributed by atoms with E-state index in [1.165, 1.54) is 0 Å². The van der Waals surface area contributed by atoms with Crippen molar-refractivity contribution in [3.05, 3.63) is 42.1 Å². The van der Waals surface area contributed by atoms with Crippen molar-refractivity contribution in [1.29, 1.82) is 0 Å². The highest BCUT2D eigenvalue weighted by atomic mass is 32.2. The van der Waals surface area contributed by atoms with Gasteiger partial charge in [-0.05, 0) is 17.2 Å². The molecule has 1 aromatic carbocycles. The van der Waals surface area contributed by atoms with Gasteiger partial charge in [0.15, 0.2) is 0 Å². The van der Waals surface area contributed by atoms with E-state index >= 15 is 0 Å². The minimum atomic E-state index is -0.0620. The van der Waals surface area contributed by atoms with Crippen LogP contribution in [0, 0.1) is 0 Å². The first-order valence-corrected chi connectivity index (χ1v) is 8.16. The van der Waals surface area contributed by atoms with Gasteiger partial charge in [-0.25, -0.2) is 0 Å². The Bertz CT molecular complexity index is 576. The molecule has 1 aliphatic heterocycles. The fourth-order valence-corrected chi connectivity index (χ4v) is 3.20. The van der Waals surface area contributed by atoms with Crippen LogP contribution in [-0.4, -0.2) is 40.2 Å². The van der Waals surface area contributed by atoms with Crippen molar-refractivity contribution >= 4 is 17.7 Å². The zero-order valence-corrected chi connectivity index (χ0v) is 12.5. The van der Waals surface area contributed by atoms with Crippen LogP contribution in [0.4, 0.5) is 0 Å². The number of rotatable bonds is 4. The van der Waals surface area contributed by atoms with Gasteiger partial charge < -0.3 is 10.6 Å². The van der Waals surface area contributed by atoms with E-state index in [9.17, 15) is 4.79 Å². The zero-order chi connectivity index (χ0) is 14.5. The molecule has 3 N–H and O–H groups in total. The number of hydrogen-bond donors (Lipinski definition) is 3. The molecular weight excluding hydrogens is 284 g/mol. The summed E-state index contributed by atoms with van der Waals surface area (Å²) in [5.74, 6) is 2.02. The van der Waals surface area contributed by atoms with Gasteiger partial charge in [-0.3, -0.25) is 9.89 Å². The molecule has 5 nitrogen and oxygen atoms in total. The molecule has 1 aliphatic rings. The molecule has 1 unspecified atom stereocenters. The van der Waals surface area contributed by atoms with Crippen LogP contribution < -0.4 is 10.6 Å². The first-order valence-electron chi connectivity index (χ1n) is 7.00. The lowest BCUT2D eigenvalue weighted by atomic mass is 10.1. The Morgan fingerprint density at radius 2 is 2.19 bits per heavy atom. The number of thioether (sulfide) groups is 1. The number of carbonyl (C=O) groups excluding carboxylic acids is 1. The lowest BCUT2D eigenvalue weighted by Gasteiger charge is -2.22. The average Bonchev–Trinajstić information content (AvgIpc) is 3.08. The van der Waals surface area contributed by atoms with E-state index in [4.69, 9.17) is 0 Å². The van der Waals surface area contributed by atoms with Gasteiger partial charge in [0.2, 0.25) is 5.91 Å². The van der Waals surface area contributed by atoms with Crippen LogP contribution in [0.2, 0.25) is 0 Å². The number of aromatic amines is 1. The first kappa shape index (κ1) is 14.2. The van der Waals surface area contributed by atoms with E-state index < -0.39 is 0 Å². The molecule has 1 fully saturated rings. The van der Waals surface area contributed by atoms with Crippen LogP contribution in [0.15, 0.2) is 36.5 Å². The summed E-state index contributed by atoms with van der Waals surface area (Å²) in [6, 6.07) is 9.99. The Morgan fingerprint density at radius 3 is 2.86 bits per heavy atom. The molecule has 6 heteroatoms. The van der Waals surface area contributed by atoms with Gasteiger partial charge in [-0.2, -0.15) is 16.9 Å². The summed E-state index contributed by atoms with van der Waals surface area (Å²) >= 11 is 1.82. The maximum absolute atomic E-state index is 12.0. The van der Waals surface area contributed by atoms with Crippen molar-refractivity contribution in [3.63, 3.8) is 0 Å². The quantitative estimate of drug-likeness (QED) is 0.798. The molecule has 110 valence electrons. The van der Waals surface area contributed by atoms with E-state index in [-0.39, 0.29) is 11.9 Å². The number of nitrogens with zero attached hydrogens (tertiary/aromatic N) is 1. The molecule has 0 bridgehead atoms. The molecule has 0 saturated carbocycles. The molecule has 2 heterocycles. The van der Waals surface area contributed by atoms with Crippen LogP contribution in [0.1, 0.15) is 5.56 Å². The molecule has 1 aromatic heterocycles. The highest BCUT2D eigenvalue weighted by molar-refractivity contribution is 7.99. The Labute approximate surface area is 127 Å². The van der Waals surface area contributed by atoms with Gasteiger partial charge in [-0.1, -0.05) is 24.3 Å². The van der Waals surface area contributed by atoms with E-state index in [2.05, 4.69) is 20.8 Å². The molecule has 1 atom stereocenters. The summed E-state index contributed by atoms with van der Waals surface area (Å²) < 4.78 is 0. The summed E-state index contributed by atoms with van der Waals surface area (Å²) in [5.41, 5.74) is 3.18. The molecule has 0 radical (unpaired) electrons. The van der Waals surface area contributed by atoms with Gasteiger partial charge in [0.1, 0.15) is 0 Å². The maximum Gasteiger partial charge on any atom is 0.238 e. The van der Waals surface area contributed by atoms with Crippen LogP contribution >= 0.6 is 11.8 Å². The Morgan fingerprint density at radius 1 is 1.33 bits per heavy atom. The minimum absolute atomic E-state index is 0.0620. The zero-order valence-electron chi connectivity index (χ0n) is 11.6. The normalized spacial score (nSPS) is 18.4. The number of hydrogen-bond acceptors (Lipinski definition) is 4. The lowest BCUT2D eigenvalue weighted by Crippen LogP contribution is -2.48. The number of amides is 1. The topological polar surface area (TPSA) is 69.8 Å². The second kappa shape index (κ2) is 6.78. The summed E-state index contributed by atoms with van der Waals surface area (Å²) in [6.07, 6.45) is 1.73. The molecule has 0 aliphatic carbocycles. The summed E-state index contributed by atoms with van der Waals surface area (Å²) in [4.78, 5) is 12.0. The van der Waals surface area contributed by atoms with Gasteiger partial charge in [0.05, 0.1) is 11.7 Å². The molecule has 21 heavy (non-hydrogen) atoms. The van der Waals surface area contributed by atoms with Crippen LogP contribution in [0.5, 0.6) is 0 Å². The Balaban J connectivity index is 1.54. The van der Waals surface area contributed by atoms with E-state index in [0.29, 0.717) is 6.54 Å². The first-order chi connectivity index (χ1) is 10.3. The number of nitrogens with one attached hydrogen (secondary N) is 3. The van der Waals surface area contributed by atoms with Crippen LogP contribution in [0.25, 0.3) is 11.3 Å². The molecule has 1 saturated heterocycles. The van der Waals surface area contributed by atoms with Gasteiger partial charge in [-0.15, -0.1) is 0 Å². The number of benzene rings is 1. The molecule has 1 amide bonds. The average molecular weight is 302 g/mol. The second-order valence-corrected chi connectivity index (χ2v) is 6.12. The number of aromatic nitrogens is 2. The van der Waals surface area contributed by atoms with Gasteiger partial charge >= 0.3 is 0 Å². The van der Waals surface area contributed by atoms with Crippen LogP contribution in [-0.2, 0) is 11.3 Å². The molecule has 2 aromatic rings. The van der Waals surface area contributed by atoms with Crippen molar-refractivity contribution in [3.8, 4) is 11.3 Å². The molecule has 0 spiro atoms. The lowest BCUT2D eigenvalue weighted by molar-refractivity contribution is -0.122. The second-order valence-electron chi connectivity index (χ2n) is 4.97. The predicted molar refractivity (Wildman–Crippen MR) is 85.0 cm³/mol. The van der Waals surface area contributed by atoms with Gasteiger partial charge in [0, 0.05) is 30.8 Å². The number of H-pyrrole nitrogens is 1. The highest BCUT2D eigenvalue weighted by Gasteiger charge is 2.20. The van der Waals surface area contributed by atoms with Crippen molar-refractivity contribution in [2.24, 2.45) is 0 Å². The van der Waals surface area contributed by atoms with Crippen molar-refractivity contribution in [2.75, 3.05) is 18.1 Å². The minimum Gasteiger partial charge on any atom is -0.351 e. The molecule has 3 rings (SSSR count). The van der Waals surface area contributed by atoms with E-state index in [0.717, 1.165) is 34.9 Å². The Hall–Kier alpha value is -1.79. The van der Waals surface area contributed by atoms with E-state index in [1.54, 1.807) is 6.20 Å². The highest BCUT2D eigenvalue weighted by Crippen LogP contribution is 2.16. The fraction of sp³-hybridized carbons (Fsp3) is 0.333. The van der Waals surface area contributed by atoms with Gasteiger partial charge in [0.25, 0.3) is 0 Å². The SMILES string of the molecule is O=C(NCc1ccc(-c2ccn[nH]2)cc1)C1CSCCN1. The Kier molecular flexibility index (Phi) is 4.57.